The van der Waals surface area contributed by atoms with Crippen molar-refractivity contribution in [2.45, 2.75) is 57.8 Å². The molecule has 0 aliphatic heterocycles. The van der Waals surface area contributed by atoms with E-state index < -0.39 is 23.0 Å². The van der Waals surface area contributed by atoms with E-state index in [1.54, 1.807) is 0 Å². The topological polar surface area (TPSA) is 89.9 Å². The summed E-state index contributed by atoms with van der Waals surface area (Å²) in [7, 11) is -4.49. The maximum atomic E-state index is 11.8. The summed E-state index contributed by atoms with van der Waals surface area (Å²) in [6, 6.07) is 0. The zero-order valence-corrected chi connectivity index (χ0v) is 13.1. The molecule has 0 atom stereocenters. The molecule has 0 spiro atoms. The fraction of sp³-hybridized carbons (Fsp3) is 0.923. The summed E-state index contributed by atoms with van der Waals surface area (Å²) >= 11 is 0. The third kappa shape index (κ3) is 17.2. The van der Waals surface area contributed by atoms with Gasteiger partial charge in [0.25, 0.3) is 0 Å². The van der Waals surface area contributed by atoms with Gasteiger partial charge in [-0.2, -0.15) is 8.42 Å². The number of hydrogen-bond donors (Lipinski definition) is 1. The molecule has 0 rings (SSSR count). The number of esters is 1. The Labute approximate surface area is 126 Å². The Hall–Kier alpha value is -0.730. The molecule has 0 fully saturated rings. The van der Waals surface area contributed by atoms with Crippen LogP contribution in [0.25, 0.3) is 0 Å². The minimum absolute atomic E-state index is 0.214. The van der Waals surface area contributed by atoms with Crippen LogP contribution in [0.15, 0.2) is 0 Å². The van der Waals surface area contributed by atoms with E-state index >= 15 is 0 Å². The third-order valence-electron chi connectivity index (χ3n) is 2.83. The molecule has 0 unspecified atom stereocenters. The van der Waals surface area contributed by atoms with Crippen LogP contribution >= 0.6 is 0 Å². The second kappa shape index (κ2) is 13.0. The van der Waals surface area contributed by atoms with Gasteiger partial charge in [-0.05, 0) is 12.8 Å². The summed E-state index contributed by atoms with van der Waals surface area (Å²) in [5, 5.41) is 0. The number of halogens is 1. The quantitative estimate of drug-likeness (QED) is 0.299. The first-order chi connectivity index (χ1) is 9.95. The molecule has 0 heterocycles. The van der Waals surface area contributed by atoms with E-state index in [-0.39, 0.29) is 13.1 Å². The van der Waals surface area contributed by atoms with Crippen molar-refractivity contribution in [1.29, 1.82) is 0 Å². The van der Waals surface area contributed by atoms with Gasteiger partial charge in [-0.1, -0.05) is 38.5 Å². The fourth-order valence-corrected chi connectivity index (χ4v) is 2.04. The number of ether oxygens (including phenoxy) is 1. The van der Waals surface area contributed by atoms with Crippen molar-refractivity contribution in [3.8, 4) is 0 Å². The van der Waals surface area contributed by atoms with Crippen LogP contribution in [0.1, 0.15) is 57.8 Å². The van der Waals surface area contributed by atoms with Crippen LogP contribution in [0.5, 0.6) is 0 Å². The molecule has 0 aromatic rings. The molecule has 0 saturated heterocycles. The summed E-state index contributed by atoms with van der Waals surface area (Å²) in [4.78, 5) is 11.2. The lowest BCUT2D eigenvalue weighted by Crippen LogP contribution is -2.12. The van der Waals surface area contributed by atoms with Crippen molar-refractivity contribution in [3.05, 3.63) is 0 Å². The van der Waals surface area contributed by atoms with Crippen LogP contribution < -0.4 is 0 Å². The molecule has 0 aliphatic carbocycles. The van der Waals surface area contributed by atoms with Crippen LogP contribution in [0.2, 0.25) is 0 Å². The van der Waals surface area contributed by atoms with Crippen molar-refractivity contribution in [3.63, 3.8) is 0 Å². The van der Waals surface area contributed by atoms with Gasteiger partial charge in [0.05, 0.1) is 26.3 Å². The minimum Gasteiger partial charge on any atom is -0.466 e. The van der Waals surface area contributed by atoms with Crippen LogP contribution in [-0.2, 0) is 24.1 Å². The number of carbonyl (C=O) groups is 1. The lowest BCUT2D eigenvalue weighted by atomic mass is 10.1. The van der Waals surface area contributed by atoms with Gasteiger partial charge in [0.2, 0.25) is 0 Å². The first-order valence-corrected chi connectivity index (χ1v) is 8.65. The summed E-state index contributed by atoms with van der Waals surface area (Å²) in [6.45, 7) is -0.357. The molecule has 0 radical (unpaired) electrons. The molecule has 6 nitrogen and oxygen atoms in total. The zero-order chi connectivity index (χ0) is 16.0. The standard InChI is InChI=1S/C13H25FO6S/c14-10-7-5-3-1-2-4-6-8-11-19-13(15)9-12-20-21(16,17)18/h1-12H2,(H,16,17,18). The highest BCUT2D eigenvalue weighted by Gasteiger charge is 2.08. The van der Waals surface area contributed by atoms with Gasteiger partial charge in [0.1, 0.15) is 0 Å². The summed E-state index contributed by atoms with van der Waals surface area (Å²) in [5.74, 6) is -0.551. The Balaban J connectivity index is 3.25. The van der Waals surface area contributed by atoms with E-state index in [4.69, 9.17) is 9.29 Å². The van der Waals surface area contributed by atoms with Gasteiger partial charge >= 0.3 is 16.4 Å². The molecule has 0 aliphatic rings. The van der Waals surface area contributed by atoms with Crippen molar-refractivity contribution in [1.82, 2.24) is 0 Å². The van der Waals surface area contributed by atoms with Gasteiger partial charge in [0, 0.05) is 0 Å². The van der Waals surface area contributed by atoms with Gasteiger partial charge in [0.15, 0.2) is 0 Å². The third-order valence-corrected chi connectivity index (χ3v) is 3.29. The first-order valence-electron chi connectivity index (χ1n) is 7.29. The average Bonchev–Trinajstić information content (AvgIpc) is 2.39. The first kappa shape index (κ1) is 20.3. The Morgan fingerprint density at radius 1 is 0.905 bits per heavy atom. The largest absolute Gasteiger partial charge is 0.466 e. The predicted octanol–water partition coefficient (Wildman–Crippen LogP) is 2.83. The fourth-order valence-electron chi connectivity index (χ4n) is 1.75. The minimum atomic E-state index is -4.49. The van der Waals surface area contributed by atoms with Crippen LogP contribution in [0, 0.1) is 0 Å². The summed E-state index contributed by atoms with van der Waals surface area (Å²) in [6.07, 6.45) is 7.42. The summed E-state index contributed by atoms with van der Waals surface area (Å²) in [5.41, 5.74) is 0. The van der Waals surface area contributed by atoms with Crippen LogP contribution in [0.3, 0.4) is 0 Å². The van der Waals surface area contributed by atoms with Crippen molar-refractivity contribution >= 4 is 16.4 Å². The molecule has 0 bridgehead atoms. The van der Waals surface area contributed by atoms with E-state index in [2.05, 4.69) is 4.18 Å². The number of alkyl halides is 1. The lowest BCUT2D eigenvalue weighted by molar-refractivity contribution is -0.144. The molecule has 126 valence electrons. The number of hydrogen-bond acceptors (Lipinski definition) is 5. The molecular formula is C13H25FO6S. The van der Waals surface area contributed by atoms with E-state index in [1.165, 1.54) is 0 Å². The van der Waals surface area contributed by atoms with E-state index in [0.717, 1.165) is 44.9 Å². The van der Waals surface area contributed by atoms with Gasteiger partial charge < -0.3 is 4.74 Å². The maximum absolute atomic E-state index is 11.8. The molecule has 1 N–H and O–H groups in total. The number of unbranched alkanes of at least 4 members (excludes halogenated alkanes) is 7. The smallest absolute Gasteiger partial charge is 0.397 e. The molecule has 0 aromatic heterocycles. The van der Waals surface area contributed by atoms with Gasteiger partial charge in [-0.15, -0.1) is 0 Å². The Bertz CT molecular complexity index is 358. The second-order valence-electron chi connectivity index (χ2n) is 4.74. The SMILES string of the molecule is O=C(CCOS(=O)(=O)O)OCCCCCCCCCCF. The second-order valence-corrected chi connectivity index (χ2v) is 5.83. The van der Waals surface area contributed by atoms with Crippen molar-refractivity contribution in [2.24, 2.45) is 0 Å². The Kier molecular flexibility index (Phi) is 12.5. The maximum Gasteiger partial charge on any atom is 0.397 e. The van der Waals surface area contributed by atoms with E-state index in [1.807, 2.05) is 0 Å². The molecule has 0 aromatic carbocycles. The zero-order valence-electron chi connectivity index (χ0n) is 12.3. The Morgan fingerprint density at radius 2 is 1.43 bits per heavy atom. The highest BCUT2D eigenvalue weighted by molar-refractivity contribution is 7.80. The van der Waals surface area contributed by atoms with Crippen LogP contribution in [0.4, 0.5) is 4.39 Å². The predicted molar refractivity (Wildman–Crippen MR) is 76.0 cm³/mol. The van der Waals surface area contributed by atoms with Gasteiger partial charge in [-0.25, -0.2) is 4.18 Å². The molecule has 8 heteroatoms. The van der Waals surface area contributed by atoms with Crippen LogP contribution in [-0.4, -0.2) is 38.8 Å². The van der Waals surface area contributed by atoms with E-state index in [9.17, 15) is 17.6 Å². The monoisotopic (exact) mass is 328 g/mol. The Morgan fingerprint density at radius 3 is 1.95 bits per heavy atom. The average molecular weight is 328 g/mol. The van der Waals surface area contributed by atoms with Crippen molar-refractivity contribution < 1.29 is 31.1 Å². The number of carbonyl (C=O) groups excluding carboxylic acids is 1. The van der Waals surface area contributed by atoms with Gasteiger partial charge in [-0.3, -0.25) is 13.7 Å². The number of rotatable bonds is 14. The lowest BCUT2D eigenvalue weighted by Gasteiger charge is -2.05. The molecule has 0 saturated carbocycles. The molecule has 21 heavy (non-hydrogen) atoms. The molecule has 0 amide bonds. The van der Waals surface area contributed by atoms with E-state index in [0.29, 0.717) is 13.0 Å². The van der Waals surface area contributed by atoms with Crippen molar-refractivity contribution in [2.75, 3.05) is 19.9 Å². The molecular weight excluding hydrogens is 303 g/mol. The summed E-state index contributed by atoms with van der Waals surface area (Å²) < 4.78 is 49.4. The highest BCUT2D eigenvalue weighted by Crippen LogP contribution is 2.08. The normalized spacial score (nSPS) is 11.5. The highest BCUT2D eigenvalue weighted by atomic mass is 32.3.